The SMILES string of the molecule is CC1(C)C(O)[C@@]1(O)[C@H]1CCCO1. The monoisotopic (exact) mass is 172 g/mol. The second kappa shape index (κ2) is 2.22. The third kappa shape index (κ3) is 0.767. The van der Waals surface area contributed by atoms with E-state index < -0.39 is 11.7 Å². The van der Waals surface area contributed by atoms with Crippen molar-refractivity contribution in [3.8, 4) is 0 Å². The highest BCUT2D eigenvalue weighted by molar-refractivity contribution is 5.24. The Kier molecular flexibility index (Phi) is 1.57. The van der Waals surface area contributed by atoms with E-state index in [-0.39, 0.29) is 11.5 Å². The van der Waals surface area contributed by atoms with Crippen LogP contribution in [-0.4, -0.2) is 34.6 Å². The van der Waals surface area contributed by atoms with Crippen LogP contribution >= 0.6 is 0 Å². The van der Waals surface area contributed by atoms with E-state index in [9.17, 15) is 10.2 Å². The number of aliphatic hydroxyl groups is 2. The Labute approximate surface area is 72.3 Å². The van der Waals surface area contributed by atoms with E-state index >= 15 is 0 Å². The van der Waals surface area contributed by atoms with Crippen LogP contribution in [0.5, 0.6) is 0 Å². The van der Waals surface area contributed by atoms with Crippen molar-refractivity contribution in [1.29, 1.82) is 0 Å². The summed E-state index contributed by atoms with van der Waals surface area (Å²) in [6.45, 7) is 4.47. The fourth-order valence-electron chi connectivity index (χ4n) is 2.26. The third-order valence-corrected chi connectivity index (χ3v) is 3.47. The molecule has 1 unspecified atom stereocenters. The van der Waals surface area contributed by atoms with Gasteiger partial charge in [0.05, 0.1) is 12.2 Å². The molecule has 2 N–H and O–H groups in total. The summed E-state index contributed by atoms with van der Waals surface area (Å²) in [4.78, 5) is 0. The molecule has 1 saturated heterocycles. The Morgan fingerprint density at radius 2 is 2.00 bits per heavy atom. The van der Waals surface area contributed by atoms with Gasteiger partial charge in [0.15, 0.2) is 0 Å². The van der Waals surface area contributed by atoms with Gasteiger partial charge in [-0.05, 0) is 12.8 Å². The van der Waals surface area contributed by atoms with Gasteiger partial charge < -0.3 is 14.9 Å². The van der Waals surface area contributed by atoms with E-state index in [0.29, 0.717) is 0 Å². The molecule has 3 nitrogen and oxygen atoms in total. The number of aliphatic hydroxyl groups excluding tert-OH is 1. The third-order valence-electron chi connectivity index (χ3n) is 3.47. The van der Waals surface area contributed by atoms with Crippen molar-refractivity contribution in [3.05, 3.63) is 0 Å². The van der Waals surface area contributed by atoms with Crippen molar-refractivity contribution in [2.75, 3.05) is 6.61 Å². The first-order valence-corrected chi connectivity index (χ1v) is 4.53. The second-order valence-corrected chi connectivity index (χ2v) is 4.45. The molecule has 1 heterocycles. The van der Waals surface area contributed by atoms with E-state index in [1.807, 2.05) is 13.8 Å². The first kappa shape index (κ1) is 8.48. The number of hydrogen-bond acceptors (Lipinski definition) is 3. The van der Waals surface area contributed by atoms with Gasteiger partial charge in [-0.1, -0.05) is 13.8 Å². The molecule has 2 rings (SSSR count). The van der Waals surface area contributed by atoms with Crippen LogP contribution in [0.25, 0.3) is 0 Å². The summed E-state index contributed by atoms with van der Waals surface area (Å²) in [5, 5.41) is 19.6. The number of rotatable bonds is 1. The lowest BCUT2D eigenvalue weighted by atomic mass is 10.0. The maximum absolute atomic E-state index is 10.0. The summed E-state index contributed by atoms with van der Waals surface area (Å²) in [5.74, 6) is 0. The summed E-state index contributed by atoms with van der Waals surface area (Å²) < 4.78 is 5.38. The average Bonchev–Trinajstić information content (AvgIpc) is 2.53. The minimum absolute atomic E-state index is 0.150. The molecule has 2 fully saturated rings. The van der Waals surface area contributed by atoms with Gasteiger partial charge in [0.1, 0.15) is 5.60 Å². The molecule has 1 aliphatic carbocycles. The molecule has 3 atom stereocenters. The van der Waals surface area contributed by atoms with Gasteiger partial charge >= 0.3 is 0 Å². The van der Waals surface area contributed by atoms with Crippen molar-refractivity contribution in [2.45, 2.75) is 44.5 Å². The van der Waals surface area contributed by atoms with E-state index in [1.54, 1.807) is 0 Å². The van der Waals surface area contributed by atoms with Crippen molar-refractivity contribution in [2.24, 2.45) is 5.41 Å². The maximum atomic E-state index is 10.0. The fraction of sp³-hybridized carbons (Fsp3) is 1.00. The highest BCUT2D eigenvalue weighted by Crippen LogP contribution is 2.59. The maximum Gasteiger partial charge on any atom is 0.125 e. The van der Waals surface area contributed by atoms with Crippen LogP contribution in [0.15, 0.2) is 0 Å². The lowest BCUT2D eigenvalue weighted by molar-refractivity contribution is -0.0532. The minimum atomic E-state index is -0.983. The summed E-state index contributed by atoms with van der Waals surface area (Å²) >= 11 is 0. The topological polar surface area (TPSA) is 49.7 Å². The average molecular weight is 172 g/mol. The smallest absolute Gasteiger partial charge is 0.125 e. The van der Waals surface area contributed by atoms with Gasteiger partial charge in [0.2, 0.25) is 0 Å². The number of ether oxygens (including phenoxy) is 1. The molecule has 1 aliphatic heterocycles. The van der Waals surface area contributed by atoms with Crippen LogP contribution in [0.4, 0.5) is 0 Å². The Bertz CT molecular complexity index is 196. The van der Waals surface area contributed by atoms with Gasteiger partial charge in [-0.3, -0.25) is 0 Å². The molecule has 0 aromatic heterocycles. The van der Waals surface area contributed by atoms with Gasteiger partial charge in [-0.25, -0.2) is 0 Å². The zero-order valence-corrected chi connectivity index (χ0v) is 7.58. The number of hydrogen-bond donors (Lipinski definition) is 2. The lowest BCUT2D eigenvalue weighted by Crippen LogP contribution is -2.33. The van der Waals surface area contributed by atoms with Crippen LogP contribution in [0.1, 0.15) is 26.7 Å². The normalized spacial score (nSPS) is 51.0. The first-order chi connectivity index (χ1) is 5.51. The fourth-order valence-corrected chi connectivity index (χ4v) is 2.26. The van der Waals surface area contributed by atoms with Gasteiger partial charge in [-0.2, -0.15) is 0 Å². The van der Waals surface area contributed by atoms with Crippen LogP contribution < -0.4 is 0 Å². The van der Waals surface area contributed by atoms with Crippen LogP contribution in [0.3, 0.4) is 0 Å². The standard InChI is InChI=1S/C9H16O3/c1-8(2)7(10)9(8,11)6-4-3-5-12-6/h6-7,10-11H,3-5H2,1-2H3/t6-,7?,9+/m1/s1. The Morgan fingerprint density at radius 3 is 2.33 bits per heavy atom. The zero-order valence-electron chi connectivity index (χ0n) is 7.58. The van der Waals surface area contributed by atoms with Gasteiger partial charge in [0, 0.05) is 12.0 Å². The summed E-state index contributed by atoms with van der Waals surface area (Å²) in [6.07, 6.45) is 1.10. The van der Waals surface area contributed by atoms with E-state index in [4.69, 9.17) is 4.74 Å². The van der Waals surface area contributed by atoms with Gasteiger partial charge in [0.25, 0.3) is 0 Å². The molecule has 0 radical (unpaired) electrons. The van der Waals surface area contributed by atoms with E-state index in [2.05, 4.69) is 0 Å². The Morgan fingerprint density at radius 1 is 1.42 bits per heavy atom. The molecular formula is C9H16O3. The Hall–Kier alpha value is -0.120. The molecule has 70 valence electrons. The van der Waals surface area contributed by atoms with Crippen molar-refractivity contribution in [1.82, 2.24) is 0 Å². The summed E-state index contributed by atoms with van der Waals surface area (Å²) in [5.41, 5.74) is -1.37. The molecule has 0 amide bonds. The van der Waals surface area contributed by atoms with E-state index in [0.717, 1.165) is 19.4 Å². The second-order valence-electron chi connectivity index (χ2n) is 4.45. The molecule has 3 heteroatoms. The predicted molar refractivity (Wildman–Crippen MR) is 43.7 cm³/mol. The van der Waals surface area contributed by atoms with Gasteiger partial charge in [-0.15, -0.1) is 0 Å². The molecule has 0 spiro atoms. The predicted octanol–water partition coefficient (Wildman–Crippen LogP) is 0.297. The molecule has 1 saturated carbocycles. The quantitative estimate of drug-likeness (QED) is 0.598. The molecule has 0 aromatic rings. The highest BCUT2D eigenvalue weighted by Gasteiger charge is 2.74. The first-order valence-electron chi connectivity index (χ1n) is 4.53. The van der Waals surface area contributed by atoms with Crippen molar-refractivity contribution < 1.29 is 14.9 Å². The minimum Gasteiger partial charge on any atom is -0.389 e. The Balaban J connectivity index is 2.13. The molecule has 2 aliphatic rings. The zero-order chi connectivity index (χ0) is 8.98. The molecule has 0 bridgehead atoms. The lowest BCUT2D eigenvalue weighted by Gasteiger charge is -2.19. The summed E-state index contributed by atoms with van der Waals surface area (Å²) in [7, 11) is 0. The molecular weight excluding hydrogens is 156 g/mol. The summed E-state index contributed by atoms with van der Waals surface area (Å²) in [6, 6.07) is 0. The van der Waals surface area contributed by atoms with Crippen LogP contribution in [0, 0.1) is 5.41 Å². The van der Waals surface area contributed by atoms with Crippen LogP contribution in [0.2, 0.25) is 0 Å². The van der Waals surface area contributed by atoms with Crippen molar-refractivity contribution in [3.63, 3.8) is 0 Å². The molecule has 12 heavy (non-hydrogen) atoms. The highest BCUT2D eigenvalue weighted by atomic mass is 16.5. The van der Waals surface area contributed by atoms with Crippen molar-refractivity contribution >= 4 is 0 Å². The molecule has 0 aromatic carbocycles. The van der Waals surface area contributed by atoms with E-state index in [1.165, 1.54) is 0 Å². The largest absolute Gasteiger partial charge is 0.389 e. The van der Waals surface area contributed by atoms with Crippen LogP contribution in [-0.2, 0) is 4.74 Å².